The second-order valence-electron chi connectivity index (χ2n) is 4.75. The fourth-order valence-electron chi connectivity index (χ4n) is 1.83. The number of sulfonamides is 1. The van der Waals surface area contributed by atoms with Crippen molar-refractivity contribution >= 4 is 15.7 Å². The first-order valence-corrected chi connectivity index (χ1v) is 7.99. The Morgan fingerprint density at radius 3 is 2.05 bits per heavy atom. The number of nitrogens with one attached hydrogen (secondary N) is 1. The number of anilines is 1. The summed E-state index contributed by atoms with van der Waals surface area (Å²) in [4.78, 5) is 0. The van der Waals surface area contributed by atoms with Gasteiger partial charge in [0.05, 0.1) is 5.75 Å². The summed E-state index contributed by atoms with van der Waals surface area (Å²) < 4.78 is 26.7. The minimum Gasteiger partial charge on any atom is -0.326 e. The summed E-state index contributed by atoms with van der Waals surface area (Å²) in [5, 5.41) is 0. The Morgan fingerprint density at radius 1 is 0.950 bits per heavy atom. The van der Waals surface area contributed by atoms with Gasteiger partial charge in [0.15, 0.2) is 0 Å². The van der Waals surface area contributed by atoms with Crippen LogP contribution in [0.1, 0.15) is 16.7 Å². The molecule has 106 valence electrons. The normalized spacial score (nSPS) is 11.3. The highest BCUT2D eigenvalue weighted by Gasteiger charge is 2.11. The Bertz CT molecular complexity index is 662. The van der Waals surface area contributed by atoms with E-state index in [-0.39, 0.29) is 5.75 Å². The van der Waals surface area contributed by atoms with E-state index in [4.69, 9.17) is 5.73 Å². The Balaban J connectivity index is 2.08. The van der Waals surface area contributed by atoms with Crippen LogP contribution in [0.25, 0.3) is 0 Å². The highest BCUT2D eigenvalue weighted by molar-refractivity contribution is 7.91. The second kappa shape index (κ2) is 6.07. The number of hydrogen-bond acceptors (Lipinski definition) is 3. The minimum absolute atomic E-state index is 0.0499. The lowest BCUT2D eigenvalue weighted by Crippen LogP contribution is -2.15. The maximum atomic E-state index is 12.1. The number of benzene rings is 2. The Labute approximate surface area is 119 Å². The lowest BCUT2D eigenvalue weighted by Gasteiger charge is -2.08. The van der Waals surface area contributed by atoms with Crippen molar-refractivity contribution in [3.05, 3.63) is 65.2 Å². The van der Waals surface area contributed by atoms with Crippen molar-refractivity contribution < 1.29 is 8.42 Å². The number of nitrogens with two attached hydrogens (primary N) is 1. The Morgan fingerprint density at radius 2 is 1.50 bits per heavy atom. The predicted molar refractivity (Wildman–Crippen MR) is 81.8 cm³/mol. The topological polar surface area (TPSA) is 72.2 Å². The van der Waals surface area contributed by atoms with Gasteiger partial charge >= 0.3 is 0 Å². The highest BCUT2D eigenvalue weighted by Crippen LogP contribution is 2.14. The van der Waals surface area contributed by atoms with E-state index < -0.39 is 10.0 Å². The third kappa shape index (κ3) is 4.08. The van der Waals surface area contributed by atoms with Gasteiger partial charge in [-0.2, -0.15) is 0 Å². The lowest BCUT2D eigenvalue weighted by molar-refractivity contribution is 0.600. The van der Waals surface area contributed by atoms with Crippen LogP contribution in [-0.4, -0.2) is 8.42 Å². The Kier molecular flexibility index (Phi) is 4.42. The van der Waals surface area contributed by atoms with E-state index in [0.29, 0.717) is 12.2 Å². The minimum atomic E-state index is -3.40. The summed E-state index contributed by atoms with van der Waals surface area (Å²) >= 11 is 0. The maximum Gasteiger partial charge on any atom is 0.236 e. The number of aryl methyl sites for hydroxylation is 1. The van der Waals surface area contributed by atoms with Gasteiger partial charge in [0, 0.05) is 12.2 Å². The van der Waals surface area contributed by atoms with Gasteiger partial charge in [-0.1, -0.05) is 42.0 Å². The summed E-state index contributed by atoms with van der Waals surface area (Å²) in [6.45, 7) is 2.41. The van der Waals surface area contributed by atoms with Crippen molar-refractivity contribution in [2.75, 3.05) is 4.72 Å². The van der Waals surface area contributed by atoms with Crippen molar-refractivity contribution in [2.24, 2.45) is 5.73 Å². The first kappa shape index (κ1) is 14.6. The molecule has 0 aliphatic heterocycles. The molecule has 0 atom stereocenters. The van der Waals surface area contributed by atoms with Gasteiger partial charge in [0.1, 0.15) is 0 Å². The van der Waals surface area contributed by atoms with Gasteiger partial charge in [-0.05, 0) is 30.2 Å². The van der Waals surface area contributed by atoms with Crippen LogP contribution in [-0.2, 0) is 22.3 Å². The molecule has 20 heavy (non-hydrogen) atoms. The summed E-state index contributed by atoms with van der Waals surface area (Å²) in [5.74, 6) is -0.0499. The fourth-order valence-corrected chi connectivity index (χ4v) is 3.03. The van der Waals surface area contributed by atoms with E-state index in [1.165, 1.54) is 0 Å². The zero-order valence-corrected chi connectivity index (χ0v) is 12.2. The van der Waals surface area contributed by atoms with Crippen LogP contribution in [0.15, 0.2) is 48.5 Å². The molecule has 0 amide bonds. The van der Waals surface area contributed by atoms with Crippen molar-refractivity contribution in [3.8, 4) is 0 Å². The average molecular weight is 290 g/mol. The van der Waals surface area contributed by atoms with Crippen LogP contribution >= 0.6 is 0 Å². The quantitative estimate of drug-likeness (QED) is 0.888. The molecule has 2 aromatic rings. The summed E-state index contributed by atoms with van der Waals surface area (Å²) in [6, 6.07) is 14.5. The molecule has 5 heteroatoms. The second-order valence-corrected chi connectivity index (χ2v) is 6.47. The van der Waals surface area contributed by atoms with E-state index in [2.05, 4.69) is 4.72 Å². The van der Waals surface area contributed by atoms with Crippen LogP contribution < -0.4 is 10.5 Å². The van der Waals surface area contributed by atoms with Gasteiger partial charge in [0.25, 0.3) is 0 Å². The van der Waals surface area contributed by atoms with Gasteiger partial charge < -0.3 is 5.73 Å². The molecule has 0 heterocycles. The largest absolute Gasteiger partial charge is 0.326 e. The molecule has 2 rings (SSSR count). The van der Waals surface area contributed by atoms with Crippen molar-refractivity contribution in [3.63, 3.8) is 0 Å². The van der Waals surface area contributed by atoms with Crippen LogP contribution in [0, 0.1) is 6.92 Å². The molecule has 0 saturated heterocycles. The fraction of sp³-hybridized carbons (Fsp3) is 0.200. The Hall–Kier alpha value is -1.85. The third-order valence-electron chi connectivity index (χ3n) is 2.94. The SMILES string of the molecule is Cc1ccc(NS(=O)(=O)Cc2ccc(CN)cc2)cc1. The molecule has 0 aliphatic carbocycles. The molecule has 0 spiro atoms. The lowest BCUT2D eigenvalue weighted by atomic mass is 10.1. The van der Waals surface area contributed by atoms with E-state index in [1.807, 2.05) is 31.2 Å². The van der Waals surface area contributed by atoms with E-state index in [1.54, 1.807) is 24.3 Å². The zero-order chi connectivity index (χ0) is 14.6. The molecule has 0 radical (unpaired) electrons. The highest BCUT2D eigenvalue weighted by atomic mass is 32.2. The van der Waals surface area contributed by atoms with E-state index >= 15 is 0 Å². The predicted octanol–water partition coefficient (Wildman–Crippen LogP) is 2.40. The molecule has 2 aromatic carbocycles. The third-order valence-corrected chi connectivity index (χ3v) is 4.20. The zero-order valence-electron chi connectivity index (χ0n) is 11.3. The molecule has 0 aromatic heterocycles. The van der Waals surface area contributed by atoms with Gasteiger partial charge in [0.2, 0.25) is 10.0 Å². The molecule has 0 fully saturated rings. The number of rotatable bonds is 5. The van der Waals surface area contributed by atoms with Crippen molar-refractivity contribution in [1.82, 2.24) is 0 Å². The maximum absolute atomic E-state index is 12.1. The molecule has 4 nitrogen and oxygen atoms in total. The van der Waals surface area contributed by atoms with Gasteiger partial charge in [-0.25, -0.2) is 8.42 Å². The standard InChI is InChI=1S/C15H18N2O2S/c1-12-2-8-15(9-3-12)17-20(18,19)11-14-6-4-13(10-16)5-7-14/h2-9,17H,10-11,16H2,1H3. The van der Waals surface area contributed by atoms with Crippen molar-refractivity contribution in [1.29, 1.82) is 0 Å². The molecular weight excluding hydrogens is 272 g/mol. The molecule has 0 unspecified atom stereocenters. The van der Waals surface area contributed by atoms with Crippen LogP contribution in [0.4, 0.5) is 5.69 Å². The smallest absolute Gasteiger partial charge is 0.236 e. The molecular formula is C15H18N2O2S. The van der Waals surface area contributed by atoms with Crippen LogP contribution in [0.2, 0.25) is 0 Å². The van der Waals surface area contributed by atoms with Crippen LogP contribution in [0.5, 0.6) is 0 Å². The summed E-state index contributed by atoms with van der Waals surface area (Å²) in [7, 11) is -3.40. The summed E-state index contributed by atoms with van der Waals surface area (Å²) in [6.07, 6.45) is 0. The molecule has 0 bridgehead atoms. The monoisotopic (exact) mass is 290 g/mol. The van der Waals surface area contributed by atoms with Crippen LogP contribution in [0.3, 0.4) is 0 Å². The average Bonchev–Trinajstić information content (AvgIpc) is 2.41. The first-order valence-electron chi connectivity index (χ1n) is 6.33. The molecule has 3 N–H and O–H groups in total. The summed E-state index contributed by atoms with van der Waals surface area (Å²) in [5.41, 5.74) is 8.90. The molecule has 0 aliphatic rings. The van der Waals surface area contributed by atoms with Crippen molar-refractivity contribution in [2.45, 2.75) is 19.2 Å². The van der Waals surface area contributed by atoms with E-state index in [9.17, 15) is 8.42 Å². The first-order chi connectivity index (χ1) is 9.48. The number of hydrogen-bond donors (Lipinski definition) is 2. The molecule has 0 saturated carbocycles. The van der Waals surface area contributed by atoms with Gasteiger partial charge in [-0.15, -0.1) is 0 Å². The van der Waals surface area contributed by atoms with Gasteiger partial charge in [-0.3, -0.25) is 4.72 Å². The van der Waals surface area contributed by atoms with E-state index in [0.717, 1.165) is 16.7 Å².